The van der Waals surface area contributed by atoms with Gasteiger partial charge in [0.1, 0.15) is 0 Å². The number of nitrogens with two attached hydrogens (primary N) is 1. The summed E-state index contributed by atoms with van der Waals surface area (Å²) in [6.07, 6.45) is 4.21. The lowest BCUT2D eigenvalue weighted by atomic mass is 10.1. The number of benzene rings is 1. The molecule has 0 saturated carbocycles. The Morgan fingerprint density at radius 2 is 1.94 bits per heavy atom. The van der Waals surface area contributed by atoms with Gasteiger partial charge in [-0.15, -0.1) is 0 Å². The maximum atomic E-state index is 6.16. The molecular weight excluding hydrogens is 254 g/mol. The minimum Gasteiger partial charge on any atom is -0.330 e. The average molecular weight is 266 g/mol. The zero-order valence-electron chi connectivity index (χ0n) is 9.14. The van der Waals surface area contributed by atoms with E-state index in [1.807, 2.05) is 18.2 Å². The third-order valence-corrected chi connectivity index (χ3v) is 3.56. The molecule has 0 atom stereocenters. The second-order valence-corrected chi connectivity index (χ2v) is 4.80. The number of hydrogen-bond donors (Lipinski definition) is 1. The van der Waals surface area contributed by atoms with Gasteiger partial charge in [-0.2, -0.15) is 0 Å². The molecule has 1 aromatic heterocycles. The average Bonchev–Trinajstić information content (AvgIpc) is 2.35. The summed E-state index contributed by atoms with van der Waals surface area (Å²) in [5.74, 6) is 0. The van der Waals surface area contributed by atoms with Crippen LogP contribution in [-0.4, -0.2) is 16.5 Å². The van der Waals surface area contributed by atoms with Gasteiger partial charge >= 0.3 is 0 Å². The quantitative estimate of drug-likeness (QED) is 0.864. The van der Waals surface area contributed by atoms with Crippen LogP contribution in [0, 0.1) is 0 Å². The molecule has 0 aliphatic rings. The van der Waals surface area contributed by atoms with E-state index >= 15 is 0 Å². The van der Waals surface area contributed by atoms with Crippen LogP contribution in [0.1, 0.15) is 5.56 Å². The summed E-state index contributed by atoms with van der Waals surface area (Å²) < 4.78 is 0. The highest BCUT2D eigenvalue weighted by Crippen LogP contribution is 2.31. The Labute approximate surface area is 109 Å². The smallest absolute Gasteiger partial charge is 0.192 e. The third-order valence-electron chi connectivity index (χ3n) is 2.21. The first-order valence-electron chi connectivity index (χ1n) is 5.23. The molecule has 2 rings (SSSR count). The first kappa shape index (κ1) is 12.4. The van der Waals surface area contributed by atoms with Crippen LogP contribution < -0.4 is 5.73 Å². The van der Waals surface area contributed by atoms with Crippen molar-refractivity contribution in [2.24, 2.45) is 5.73 Å². The molecule has 0 bridgehead atoms. The fourth-order valence-corrected chi connectivity index (χ4v) is 2.69. The number of nitrogens with zero attached hydrogens (tertiary/aromatic N) is 2. The number of aromatic nitrogens is 2. The fourth-order valence-electron chi connectivity index (χ4n) is 1.46. The summed E-state index contributed by atoms with van der Waals surface area (Å²) in [5.41, 5.74) is 6.66. The Morgan fingerprint density at radius 1 is 1.18 bits per heavy atom. The number of halogens is 1. The molecule has 0 aliphatic heterocycles. The van der Waals surface area contributed by atoms with Crippen molar-refractivity contribution < 1.29 is 0 Å². The summed E-state index contributed by atoms with van der Waals surface area (Å²) in [7, 11) is 0. The zero-order chi connectivity index (χ0) is 12.1. The van der Waals surface area contributed by atoms with Crippen molar-refractivity contribution in [3.05, 3.63) is 47.2 Å². The van der Waals surface area contributed by atoms with Gasteiger partial charge in [-0.1, -0.05) is 17.7 Å². The molecule has 0 amide bonds. The van der Waals surface area contributed by atoms with E-state index in [0.29, 0.717) is 11.7 Å². The molecule has 0 spiro atoms. The molecule has 0 unspecified atom stereocenters. The topological polar surface area (TPSA) is 51.8 Å². The van der Waals surface area contributed by atoms with Crippen LogP contribution in [0.4, 0.5) is 0 Å². The van der Waals surface area contributed by atoms with Gasteiger partial charge in [0.25, 0.3) is 0 Å². The minimum absolute atomic E-state index is 0.576. The lowest BCUT2D eigenvalue weighted by Crippen LogP contribution is -2.04. The van der Waals surface area contributed by atoms with Gasteiger partial charge in [-0.3, -0.25) is 0 Å². The molecule has 0 aliphatic carbocycles. The molecule has 88 valence electrons. The van der Waals surface area contributed by atoms with Gasteiger partial charge in [0.2, 0.25) is 0 Å². The van der Waals surface area contributed by atoms with Gasteiger partial charge in [0, 0.05) is 22.3 Å². The highest BCUT2D eigenvalue weighted by atomic mass is 35.5. The van der Waals surface area contributed by atoms with Gasteiger partial charge in [-0.25, -0.2) is 9.97 Å². The molecule has 5 heteroatoms. The van der Waals surface area contributed by atoms with E-state index in [2.05, 4.69) is 9.97 Å². The van der Waals surface area contributed by atoms with Crippen molar-refractivity contribution in [2.75, 3.05) is 6.54 Å². The Morgan fingerprint density at radius 3 is 2.65 bits per heavy atom. The molecular formula is C12H12ClN3S. The maximum Gasteiger partial charge on any atom is 0.192 e. The first-order valence-corrected chi connectivity index (χ1v) is 6.43. The monoisotopic (exact) mass is 265 g/mol. The van der Waals surface area contributed by atoms with Crippen LogP contribution in [0.15, 0.2) is 46.7 Å². The van der Waals surface area contributed by atoms with Crippen molar-refractivity contribution >= 4 is 23.4 Å². The Hall–Kier alpha value is -1.10. The molecule has 0 radical (unpaired) electrons. The van der Waals surface area contributed by atoms with E-state index in [9.17, 15) is 0 Å². The van der Waals surface area contributed by atoms with E-state index < -0.39 is 0 Å². The van der Waals surface area contributed by atoms with Crippen molar-refractivity contribution in [3.8, 4) is 0 Å². The Balaban J connectivity index is 2.29. The summed E-state index contributed by atoms with van der Waals surface area (Å²) >= 11 is 7.67. The van der Waals surface area contributed by atoms with E-state index in [-0.39, 0.29) is 0 Å². The van der Waals surface area contributed by atoms with Crippen LogP contribution in [0.5, 0.6) is 0 Å². The van der Waals surface area contributed by atoms with E-state index in [0.717, 1.165) is 21.9 Å². The van der Waals surface area contributed by atoms with Crippen molar-refractivity contribution in [1.29, 1.82) is 0 Å². The van der Waals surface area contributed by atoms with Crippen LogP contribution in [0.3, 0.4) is 0 Å². The van der Waals surface area contributed by atoms with Crippen LogP contribution in [-0.2, 0) is 6.42 Å². The van der Waals surface area contributed by atoms with Gasteiger partial charge in [-0.05, 0) is 48.5 Å². The van der Waals surface area contributed by atoms with Crippen molar-refractivity contribution in [2.45, 2.75) is 16.5 Å². The van der Waals surface area contributed by atoms with E-state index in [4.69, 9.17) is 17.3 Å². The van der Waals surface area contributed by atoms with Gasteiger partial charge in [0.05, 0.1) is 0 Å². The summed E-state index contributed by atoms with van der Waals surface area (Å²) in [5, 5.41) is 1.46. The second-order valence-electron chi connectivity index (χ2n) is 3.39. The van der Waals surface area contributed by atoms with E-state index in [1.165, 1.54) is 11.8 Å². The van der Waals surface area contributed by atoms with Crippen LogP contribution >= 0.6 is 23.4 Å². The van der Waals surface area contributed by atoms with Crippen molar-refractivity contribution in [1.82, 2.24) is 9.97 Å². The molecule has 1 heterocycles. The Bertz CT molecular complexity index is 490. The van der Waals surface area contributed by atoms with Gasteiger partial charge in [0.15, 0.2) is 5.16 Å². The molecule has 2 N–H and O–H groups in total. The largest absolute Gasteiger partial charge is 0.330 e. The maximum absolute atomic E-state index is 6.16. The molecule has 2 aromatic rings. The molecule has 0 saturated heterocycles. The van der Waals surface area contributed by atoms with Crippen molar-refractivity contribution in [3.63, 3.8) is 0 Å². The number of hydrogen-bond acceptors (Lipinski definition) is 4. The van der Waals surface area contributed by atoms with Gasteiger partial charge < -0.3 is 5.73 Å². The number of rotatable bonds is 4. The lowest BCUT2D eigenvalue weighted by Gasteiger charge is -2.08. The minimum atomic E-state index is 0.576. The molecule has 3 nitrogen and oxygen atoms in total. The Kier molecular flexibility index (Phi) is 4.36. The highest BCUT2D eigenvalue weighted by molar-refractivity contribution is 7.99. The lowest BCUT2D eigenvalue weighted by molar-refractivity contribution is 0.935. The SMILES string of the molecule is NCCc1c(Cl)cccc1Sc1ncccn1. The standard InChI is InChI=1S/C12H12ClN3S/c13-10-3-1-4-11(9(10)5-6-14)17-12-15-7-2-8-16-12/h1-4,7-8H,5-6,14H2. The molecule has 1 aromatic carbocycles. The second kappa shape index (κ2) is 6.00. The molecule has 17 heavy (non-hydrogen) atoms. The predicted molar refractivity (Wildman–Crippen MR) is 70.4 cm³/mol. The fraction of sp³-hybridized carbons (Fsp3) is 0.167. The summed E-state index contributed by atoms with van der Waals surface area (Å²) in [6.45, 7) is 0.576. The van der Waals surface area contributed by atoms with E-state index in [1.54, 1.807) is 18.5 Å². The van der Waals surface area contributed by atoms with Crippen LogP contribution in [0.25, 0.3) is 0 Å². The predicted octanol–water partition coefficient (Wildman–Crippen LogP) is 2.78. The summed E-state index contributed by atoms with van der Waals surface area (Å²) in [4.78, 5) is 9.43. The van der Waals surface area contributed by atoms with Crippen LogP contribution in [0.2, 0.25) is 5.02 Å². The zero-order valence-corrected chi connectivity index (χ0v) is 10.7. The summed E-state index contributed by atoms with van der Waals surface area (Å²) in [6, 6.07) is 7.61. The first-order chi connectivity index (χ1) is 8.31. The normalized spacial score (nSPS) is 10.5. The highest BCUT2D eigenvalue weighted by Gasteiger charge is 2.08. The molecule has 0 fully saturated rings. The third kappa shape index (κ3) is 3.19.